The van der Waals surface area contributed by atoms with Gasteiger partial charge in [-0.25, -0.2) is 8.42 Å². The first-order valence-corrected chi connectivity index (χ1v) is 8.83. The Kier molecular flexibility index (Phi) is 5.01. The molecule has 0 saturated carbocycles. The van der Waals surface area contributed by atoms with Gasteiger partial charge in [-0.1, -0.05) is 30.4 Å². The van der Waals surface area contributed by atoms with Gasteiger partial charge in [-0.05, 0) is 30.9 Å². The van der Waals surface area contributed by atoms with Gasteiger partial charge in [0.15, 0.2) is 0 Å². The van der Waals surface area contributed by atoms with E-state index in [2.05, 4.69) is 16.1 Å². The Morgan fingerprint density at radius 3 is 2.71 bits per heavy atom. The van der Waals surface area contributed by atoms with Crippen molar-refractivity contribution < 1.29 is 13.2 Å². The number of carbonyl (C=O) groups is 1. The summed E-state index contributed by atoms with van der Waals surface area (Å²) in [7, 11) is -3.33. The normalized spacial score (nSPS) is 18.2. The molecule has 0 spiro atoms. The maximum absolute atomic E-state index is 12.1. The zero-order valence-corrected chi connectivity index (χ0v) is 12.8. The summed E-state index contributed by atoms with van der Waals surface area (Å²) in [5.41, 5.74) is 1.26. The number of anilines is 1. The van der Waals surface area contributed by atoms with Crippen LogP contribution in [0.15, 0.2) is 36.4 Å². The Hall–Kier alpha value is -1.82. The number of hydrogen-bond acceptors (Lipinski definition) is 3. The fourth-order valence-corrected chi connectivity index (χ4v) is 2.93. The average molecular weight is 308 g/mol. The van der Waals surface area contributed by atoms with Crippen molar-refractivity contribution in [2.24, 2.45) is 5.92 Å². The lowest BCUT2D eigenvalue weighted by atomic mass is 9.93. The van der Waals surface area contributed by atoms with Crippen LogP contribution in [0.1, 0.15) is 24.8 Å². The van der Waals surface area contributed by atoms with Crippen LogP contribution in [-0.2, 0) is 21.4 Å². The summed E-state index contributed by atoms with van der Waals surface area (Å²) in [6, 6.07) is 7.06. The molecule has 1 aliphatic rings. The van der Waals surface area contributed by atoms with E-state index >= 15 is 0 Å². The van der Waals surface area contributed by atoms with Gasteiger partial charge in [-0.15, -0.1) is 0 Å². The number of nitrogens with one attached hydrogen (secondary N) is 2. The van der Waals surface area contributed by atoms with Crippen molar-refractivity contribution in [1.29, 1.82) is 0 Å². The van der Waals surface area contributed by atoms with Crippen molar-refractivity contribution >= 4 is 21.6 Å². The van der Waals surface area contributed by atoms with E-state index in [9.17, 15) is 13.2 Å². The van der Waals surface area contributed by atoms with Crippen LogP contribution in [0.2, 0.25) is 0 Å². The predicted octanol–water partition coefficient (Wildman–Crippen LogP) is 2.03. The summed E-state index contributed by atoms with van der Waals surface area (Å²) in [4.78, 5) is 12.1. The van der Waals surface area contributed by atoms with E-state index in [-0.39, 0.29) is 11.8 Å². The van der Waals surface area contributed by atoms with Crippen molar-refractivity contribution in [3.05, 3.63) is 42.0 Å². The Labute approximate surface area is 125 Å². The summed E-state index contributed by atoms with van der Waals surface area (Å²) in [6.45, 7) is 0.317. The molecule has 1 amide bonds. The summed E-state index contributed by atoms with van der Waals surface area (Å²) in [6.07, 6.45) is 7.81. The van der Waals surface area contributed by atoms with Crippen molar-refractivity contribution in [2.45, 2.75) is 25.8 Å². The van der Waals surface area contributed by atoms with E-state index in [1.54, 1.807) is 18.2 Å². The number of para-hydroxylation sites is 1. The van der Waals surface area contributed by atoms with Gasteiger partial charge in [-0.3, -0.25) is 9.52 Å². The van der Waals surface area contributed by atoms with E-state index in [1.807, 2.05) is 12.1 Å². The summed E-state index contributed by atoms with van der Waals surface area (Å²) in [5.74, 6) is 0.0403. The summed E-state index contributed by atoms with van der Waals surface area (Å²) >= 11 is 0. The standard InChI is InChI=1S/C15H20N2O3S/c1-21(19,20)17-14-10-6-5-9-13(14)11-16-15(18)12-7-3-2-4-8-12/h2-3,5-6,9-10,12,17H,4,7-8,11H2,1H3,(H,16,18). The van der Waals surface area contributed by atoms with Crippen LogP contribution in [0.25, 0.3) is 0 Å². The number of hydrogen-bond donors (Lipinski definition) is 2. The monoisotopic (exact) mass is 308 g/mol. The molecular weight excluding hydrogens is 288 g/mol. The first-order chi connectivity index (χ1) is 9.96. The molecule has 0 heterocycles. The molecule has 1 unspecified atom stereocenters. The second-order valence-electron chi connectivity index (χ2n) is 5.23. The predicted molar refractivity (Wildman–Crippen MR) is 83.2 cm³/mol. The lowest BCUT2D eigenvalue weighted by Gasteiger charge is -2.18. The van der Waals surface area contributed by atoms with E-state index in [0.717, 1.165) is 31.1 Å². The highest BCUT2D eigenvalue weighted by molar-refractivity contribution is 7.92. The molecule has 5 nitrogen and oxygen atoms in total. The summed E-state index contributed by atoms with van der Waals surface area (Å²) < 4.78 is 25.1. The number of rotatable bonds is 5. The van der Waals surface area contributed by atoms with Gasteiger partial charge >= 0.3 is 0 Å². The van der Waals surface area contributed by atoms with Crippen LogP contribution in [0.3, 0.4) is 0 Å². The molecule has 1 aliphatic carbocycles. The van der Waals surface area contributed by atoms with Gasteiger partial charge in [0.05, 0.1) is 11.9 Å². The number of amides is 1. The molecule has 0 fully saturated rings. The van der Waals surface area contributed by atoms with Crippen LogP contribution in [-0.4, -0.2) is 20.6 Å². The molecule has 1 atom stereocenters. The summed E-state index contributed by atoms with van der Waals surface area (Å²) in [5, 5.41) is 2.89. The van der Waals surface area contributed by atoms with Crippen LogP contribution < -0.4 is 10.0 Å². The number of sulfonamides is 1. The molecule has 0 aromatic heterocycles. The van der Waals surface area contributed by atoms with Gasteiger partial charge in [0.1, 0.15) is 0 Å². The first-order valence-electron chi connectivity index (χ1n) is 6.94. The molecular formula is C15H20N2O3S. The van der Waals surface area contributed by atoms with Gasteiger partial charge in [0.25, 0.3) is 0 Å². The molecule has 0 saturated heterocycles. The average Bonchev–Trinajstić information content (AvgIpc) is 2.45. The maximum atomic E-state index is 12.1. The minimum Gasteiger partial charge on any atom is -0.352 e. The van der Waals surface area contributed by atoms with E-state index < -0.39 is 10.0 Å². The zero-order valence-electron chi connectivity index (χ0n) is 12.0. The van der Waals surface area contributed by atoms with Crippen molar-refractivity contribution in [2.75, 3.05) is 11.0 Å². The molecule has 6 heteroatoms. The van der Waals surface area contributed by atoms with Gasteiger partial charge in [-0.2, -0.15) is 0 Å². The number of allylic oxidation sites excluding steroid dienone is 2. The molecule has 2 rings (SSSR count). The van der Waals surface area contributed by atoms with Crippen LogP contribution in [0, 0.1) is 5.92 Å². The van der Waals surface area contributed by atoms with E-state index in [4.69, 9.17) is 0 Å². The lowest BCUT2D eigenvalue weighted by Crippen LogP contribution is -2.31. The van der Waals surface area contributed by atoms with Crippen LogP contribution in [0.5, 0.6) is 0 Å². The highest BCUT2D eigenvalue weighted by Gasteiger charge is 2.18. The van der Waals surface area contributed by atoms with Crippen molar-refractivity contribution in [1.82, 2.24) is 5.32 Å². The molecule has 2 N–H and O–H groups in total. The third kappa shape index (κ3) is 4.90. The van der Waals surface area contributed by atoms with Gasteiger partial charge in [0, 0.05) is 12.5 Å². The van der Waals surface area contributed by atoms with Crippen molar-refractivity contribution in [3.63, 3.8) is 0 Å². The zero-order chi connectivity index (χ0) is 15.3. The van der Waals surface area contributed by atoms with Crippen LogP contribution in [0.4, 0.5) is 5.69 Å². The molecule has 0 bridgehead atoms. The lowest BCUT2D eigenvalue weighted by molar-refractivity contribution is -0.125. The molecule has 1 aromatic carbocycles. The molecule has 0 aliphatic heterocycles. The Bertz CT molecular complexity index is 638. The third-order valence-electron chi connectivity index (χ3n) is 3.41. The highest BCUT2D eigenvalue weighted by Crippen LogP contribution is 2.19. The maximum Gasteiger partial charge on any atom is 0.229 e. The highest BCUT2D eigenvalue weighted by atomic mass is 32.2. The Balaban J connectivity index is 1.99. The number of carbonyl (C=O) groups excluding carboxylic acids is 1. The molecule has 0 radical (unpaired) electrons. The minimum absolute atomic E-state index is 0.0185. The Morgan fingerprint density at radius 1 is 1.29 bits per heavy atom. The quantitative estimate of drug-likeness (QED) is 0.817. The topological polar surface area (TPSA) is 75.3 Å². The largest absolute Gasteiger partial charge is 0.352 e. The van der Waals surface area contributed by atoms with E-state index in [0.29, 0.717) is 12.2 Å². The van der Waals surface area contributed by atoms with Crippen LogP contribution >= 0.6 is 0 Å². The SMILES string of the molecule is CS(=O)(=O)Nc1ccccc1CNC(=O)C1CC=CCC1. The third-order valence-corrected chi connectivity index (χ3v) is 4.00. The Morgan fingerprint density at radius 2 is 2.05 bits per heavy atom. The first kappa shape index (κ1) is 15.6. The molecule has 1 aromatic rings. The second-order valence-corrected chi connectivity index (χ2v) is 6.98. The smallest absolute Gasteiger partial charge is 0.229 e. The fraction of sp³-hybridized carbons (Fsp3) is 0.400. The van der Waals surface area contributed by atoms with Gasteiger partial charge < -0.3 is 5.32 Å². The minimum atomic E-state index is -3.33. The molecule has 21 heavy (non-hydrogen) atoms. The molecule has 114 valence electrons. The second kappa shape index (κ2) is 6.76. The van der Waals surface area contributed by atoms with Gasteiger partial charge in [0.2, 0.25) is 15.9 Å². The fourth-order valence-electron chi connectivity index (χ4n) is 2.33. The van der Waals surface area contributed by atoms with Crippen molar-refractivity contribution in [3.8, 4) is 0 Å². The van der Waals surface area contributed by atoms with E-state index in [1.165, 1.54) is 0 Å². The number of benzene rings is 1.